The van der Waals surface area contributed by atoms with Crippen molar-refractivity contribution in [3.05, 3.63) is 53.6 Å². The molecule has 28 heavy (non-hydrogen) atoms. The predicted octanol–water partition coefficient (Wildman–Crippen LogP) is 3.68. The minimum absolute atomic E-state index is 0.0449. The van der Waals surface area contributed by atoms with E-state index in [1.165, 1.54) is 12.1 Å². The topological polar surface area (TPSA) is 54.0 Å². The zero-order valence-electron chi connectivity index (χ0n) is 15.5. The lowest BCUT2D eigenvalue weighted by Gasteiger charge is -2.36. The molecule has 1 heterocycles. The van der Waals surface area contributed by atoms with Crippen LogP contribution in [0.2, 0.25) is 0 Å². The van der Waals surface area contributed by atoms with Crippen LogP contribution in [0, 0.1) is 0 Å². The molecule has 2 N–H and O–H groups in total. The number of aromatic hydroxyl groups is 1. The van der Waals surface area contributed by atoms with Crippen LogP contribution in [0.5, 0.6) is 17.2 Å². The standard InChI is InChI=1S/C20H23F3N2O3/c1-2-27-17-5-3-4-16(19(17)26)18(25-12-10-24-11-13-25)14-6-8-15(9-7-14)28-20(21,22)23/h3-9,18,24,26H,2,10-13H2,1H3/t18-/m0/s1. The summed E-state index contributed by atoms with van der Waals surface area (Å²) in [6.07, 6.45) is -4.73. The Balaban J connectivity index is 1.97. The van der Waals surface area contributed by atoms with Gasteiger partial charge in [0.1, 0.15) is 5.75 Å². The number of nitrogens with one attached hydrogen (secondary N) is 1. The second-order valence-corrected chi connectivity index (χ2v) is 6.43. The fourth-order valence-electron chi connectivity index (χ4n) is 3.41. The van der Waals surface area contributed by atoms with Crippen molar-refractivity contribution < 1.29 is 27.8 Å². The lowest BCUT2D eigenvalue weighted by molar-refractivity contribution is -0.274. The third kappa shape index (κ3) is 4.88. The molecular formula is C20H23F3N2O3. The first-order valence-electron chi connectivity index (χ1n) is 9.14. The molecule has 1 saturated heterocycles. The number of rotatable bonds is 6. The Kier molecular flexibility index (Phi) is 6.31. The highest BCUT2D eigenvalue weighted by atomic mass is 19.4. The van der Waals surface area contributed by atoms with Gasteiger partial charge in [-0.05, 0) is 30.7 Å². The number of hydrogen-bond donors (Lipinski definition) is 2. The molecule has 152 valence electrons. The Morgan fingerprint density at radius 2 is 1.79 bits per heavy atom. The molecule has 8 heteroatoms. The summed E-state index contributed by atoms with van der Waals surface area (Å²) in [6.45, 7) is 5.31. The molecule has 0 aliphatic carbocycles. The summed E-state index contributed by atoms with van der Waals surface area (Å²) in [5, 5.41) is 14.0. The van der Waals surface area contributed by atoms with E-state index in [0.29, 0.717) is 17.9 Å². The van der Waals surface area contributed by atoms with Crippen LogP contribution in [0.4, 0.5) is 13.2 Å². The SMILES string of the molecule is CCOc1cccc([C@H](c2ccc(OC(F)(F)F)cc2)N2CCNCC2)c1O. The van der Waals surface area contributed by atoms with Gasteiger partial charge in [0, 0.05) is 31.7 Å². The van der Waals surface area contributed by atoms with E-state index in [0.717, 1.165) is 31.7 Å². The van der Waals surface area contributed by atoms with E-state index >= 15 is 0 Å². The van der Waals surface area contributed by atoms with Crippen molar-refractivity contribution in [3.63, 3.8) is 0 Å². The average Bonchev–Trinajstić information content (AvgIpc) is 2.66. The predicted molar refractivity (Wildman–Crippen MR) is 98.7 cm³/mol. The van der Waals surface area contributed by atoms with Crippen molar-refractivity contribution in [3.8, 4) is 17.2 Å². The zero-order valence-corrected chi connectivity index (χ0v) is 15.5. The number of piperazine rings is 1. The minimum atomic E-state index is -4.73. The first kappa shape index (κ1) is 20.3. The Morgan fingerprint density at radius 3 is 2.39 bits per heavy atom. The maximum Gasteiger partial charge on any atom is 0.573 e. The number of para-hydroxylation sites is 1. The van der Waals surface area contributed by atoms with Gasteiger partial charge in [-0.25, -0.2) is 0 Å². The maximum absolute atomic E-state index is 12.4. The summed E-state index contributed by atoms with van der Waals surface area (Å²) in [4.78, 5) is 2.18. The number of hydrogen-bond acceptors (Lipinski definition) is 5. The van der Waals surface area contributed by atoms with Crippen LogP contribution in [-0.2, 0) is 0 Å². The molecule has 5 nitrogen and oxygen atoms in total. The lowest BCUT2D eigenvalue weighted by atomic mass is 9.95. The van der Waals surface area contributed by atoms with Crippen molar-refractivity contribution >= 4 is 0 Å². The normalized spacial score (nSPS) is 16.6. The van der Waals surface area contributed by atoms with Gasteiger partial charge in [0.15, 0.2) is 11.5 Å². The molecule has 2 aromatic carbocycles. The molecule has 1 aliphatic rings. The van der Waals surface area contributed by atoms with E-state index in [2.05, 4.69) is 15.0 Å². The van der Waals surface area contributed by atoms with Crippen LogP contribution in [-0.4, -0.2) is 49.2 Å². The first-order chi connectivity index (χ1) is 13.4. The third-order valence-electron chi connectivity index (χ3n) is 4.57. The second-order valence-electron chi connectivity index (χ2n) is 6.43. The van der Waals surface area contributed by atoms with Gasteiger partial charge >= 0.3 is 6.36 Å². The summed E-state index contributed by atoms with van der Waals surface area (Å²) < 4.78 is 46.8. The summed E-state index contributed by atoms with van der Waals surface area (Å²) in [7, 11) is 0. The van der Waals surface area contributed by atoms with Crippen molar-refractivity contribution in [2.24, 2.45) is 0 Å². The summed E-state index contributed by atoms with van der Waals surface area (Å²) >= 11 is 0. The molecule has 0 saturated carbocycles. The summed E-state index contributed by atoms with van der Waals surface area (Å²) in [6, 6.07) is 10.8. The van der Waals surface area contributed by atoms with E-state index in [9.17, 15) is 18.3 Å². The number of nitrogens with zero attached hydrogens (tertiary/aromatic N) is 1. The molecule has 0 unspecified atom stereocenters. The second kappa shape index (κ2) is 8.70. The molecule has 1 fully saturated rings. The molecule has 1 aliphatic heterocycles. The quantitative estimate of drug-likeness (QED) is 0.780. The van der Waals surface area contributed by atoms with Crippen LogP contribution in [0.1, 0.15) is 24.1 Å². The van der Waals surface area contributed by atoms with Gasteiger partial charge in [-0.3, -0.25) is 4.90 Å². The van der Waals surface area contributed by atoms with Gasteiger partial charge in [-0.15, -0.1) is 13.2 Å². The number of benzene rings is 2. The number of ether oxygens (including phenoxy) is 2. The van der Waals surface area contributed by atoms with E-state index in [4.69, 9.17) is 4.74 Å². The smallest absolute Gasteiger partial charge is 0.504 e. The Hall–Kier alpha value is -2.45. The van der Waals surface area contributed by atoms with E-state index in [1.54, 1.807) is 24.3 Å². The van der Waals surface area contributed by atoms with Crippen LogP contribution in [0.25, 0.3) is 0 Å². The van der Waals surface area contributed by atoms with E-state index < -0.39 is 6.36 Å². The highest BCUT2D eigenvalue weighted by molar-refractivity contribution is 5.50. The van der Waals surface area contributed by atoms with Gasteiger partial charge in [-0.1, -0.05) is 24.3 Å². The van der Waals surface area contributed by atoms with Crippen LogP contribution < -0.4 is 14.8 Å². The van der Waals surface area contributed by atoms with Crippen LogP contribution in [0.15, 0.2) is 42.5 Å². The van der Waals surface area contributed by atoms with Crippen molar-refractivity contribution in [1.29, 1.82) is 0 Å². The molecule has 0 amide bonds. The summed E-state index contributed by atoms with van der Waals surface area (Å²) in [5.41, 5.74) is 1.41. The van der Waals surface area contributed by atoms with Gasteiger partial charge in [0.05, 0.1) is 12.6 Å². The molecule has 1 atom stereocenters. The highest BCUT2D eigenvalue weighted by Crippen LogP contribution is 2.40. The van der Waals surface area contributed by atoms with Crippen LogP contribution in [0.3, 0.4) is 0 Å². The van der Waals surface area contributed by atoms with Crippen LogP contribution >= 0.6 is 0 Å². The monoisotopic (exact) mass is 396 g/mol. The maximum atomic E-state index is 12.4. The van der Waals surface area contributed by atoms with E-state index in [1.807, 2.05) is 13.0 Å². The lowest BCUT2D eigenvalue weighted by Crippen LogP contribution is -2.45. The Bertz CT molecular complexity index is 775. The van der Waals surface area contributed by atoms with Gasteiger partial charge in [0.2, 0.25) is 0 Å². The molecule has 0 spiro atoms. The van der Waals surface area contributed by atoms with Gasteiger partial charge in [-0.2, -0.15) is 0 Å². The largest absolute Gasteiger partial charge is 0.573 e. The van der Waals surface area contributed by atoms with Crippen molar-refractivity contribution in [1.82, 2.24) is 10.2 Å². The third-order valence-corrected chi connectivity index (χ3v) is 4.57. The fourth-order valence-corrected chi connectivity index (χ4v) is 3.41. The van der Waals surface area contributed by atoms with Gasteiger partial charge in [0.25, 0.3) is 0 Å². The molecule has 2 aromatic rings. The number of phenols is 1. The number of halogens is 3. The molecule has 0 aromatic heterocycles. The molecule has 0 bridgehead atoms. The van der Waals surface area contributed by atoms with Crippen molar-refractivity contribution in [2.45, 2.75) is 19.3 Å². The Morgan fingerprint density at radius 1 is 1.11 bits per heavy atom. The molecular weight excluding hydrogens is 373 g/mol. The highest BCUT2D eigenvalue weighted by Gasteiger charge is 2.32. The number of phenolic OH excluding ortho intramolecular Hbond substituents is 1. The van der Waals surface area contributed by atoms with Crippen molar-refractivity contribution in [2.75, 3.05) is 32.8 Å². The fraction of sp³-hybridized carbons (Fsp3) is 0.400. The zero-order chi connectivity index (χ0) is 20.1. The Labute approximate surface area is 161 Å². The van der Waals surface area contributed by atoms with Gasteiger partial charge < -0.3 is 19.9 Å². The van der Waals surface area contributed by atoms with E-state index in [-0.39, 0.29) is 17.5 Å². The number of alkyl halides is 3. The first-order valence-corrected chi connectivity index (χ1v) is 9.14. The molecule has 0 radical (unpaired) electrons. The average molecular weight is 396 g/mol. The molecule has 3 rings (SSSR count). The minimum Gasteiger partial charge on any atom is -0.504 e. The summed E-state index contributed by atoms with van der Waals surface area (Å²) in [5.74, 6) is 0.156.